The average Bonchev–Trinajstić information content (AvgIpc) is 1.51. The molecule has 14 unspecified atom stereocenters. The van der Waals surface area contributed by atoms with Crippen molar-refractivity contribution >= 4 is 0 Å². The third-order valence-corrected chi connectivity index (χ3v) is 57.4. The van der Waals surface area contributed by atoms with Gasteiger partial charge in [-0.1, -0.05) is 292 Å². The van der Waals surface area contributed by atoms with E-state index in [9.17, 15) is 0 Å². The molecule has 32 aliphatic carbocycles. The summed E-state index contributed by atoms with van der Waals surface area (Å²) in [7, 11) is 0. The van der Waals surface area contributed by atoms with Gasteiger partial charge in [-0.15, -0.1) is 0 Å². The van der Waals surface area contributed by atoms with E-state index in [2.05, 4.69) is 222 Å². The minimum Gasteiger partial charge on any atom is -0.0654 e. The summed E-state index contributed by atoms with van der Waals surface area (Å²) in [5.74, 6) is 34.8. The van der Waals surface area contributed by atoms with Gasteiger partial charge in [-0.05, 0) is 559 Å². The first-order chi connectivity index (χ1) is 63.0. The molecular formula is C135H238. The molecule has 0 nitrogen and oxygen atoms in total. The Bertz CT molecular complexity index is 3710. The van der Waals surface area contributed by atoms with Crippen LogP contribution in [-0.4, -0.2) is 0 Å². The maximum Gasteiger partial charge on any atom is -0.0220 e. The Kier molecular flexibility index (Phi) is 30.6. The lowest BCUT2D eigenvalue weighted by Crippen LogP contribution is -2.56. The zero-order valence-corrected chi connectivity index (χ0v) is 97.4. The summed E-state index contributed by atoms with van der Waals surface area (Å²) in [6, 6.07) is 0. The molecule has 0 aromatic rings. The molecule has 32 saturated carbocycles. The second-order valence-electron chi connectivity index (χ2n) is 66.7. The van der Waals surface area contributed by atoms with Crippen molar-refractivity contribution in [3.05, 3.63) is 0 Å². The lowest BCUT2D eigenvalue weighted by molar-refractivity contribution is -0.153. The summed E-state index contributed by atoms with van der Waals surface area (Å²) in [6.45, 7) is 79.4. The van der Waals surface area contributed by atoms with Gasteiger partial charge in [0.2, 0.25) is 0 Å². The maximum atomic E-state index is 2.63. The van der Waals surface area contributed by atoms with Gasteiger partial charge in [-0.3, -0.25) is 0 Å². The van der Waals surface area contributed by atoms with Crippen molar-refractivity contribution in [3.8, 4) is 0 Å². The molecule has 0 aromatic heterocycles. The van der Waals surface area contributed by atoms with E-state index in [1.54, 1.807) is 193 Å². The van der Waals surface area contributed by atoms with Crippen molar-refractivity contribution in [3.63, 3.8) is 0 Å². The Morgan fingerprint density at radius 2 is 0.667 bits per heavy atom. The van der Waals surface area contributed by atoms with E-state index in [0.29, 0.717) is 70.4 Å². The topological polar surface area (TPSA) is 0 Å². The molecule has 32 aliphatic rings. The summed E-state index contributed by atoms with van der Waals surface area (Å²) in [5.41, 5.74) is 10.4. The quantitative estimate of drug-likeness (QED) is 0.238. The van der Waals surface area contributed by atoms with Gasteiger partial charge in [0.15, 0.2) is 0 Å². The van der Waals surface area contributed by atoms with Gasteiger partial charge in [0, 0.05) is 0 Å². The lowest BCUT2D eigenvalue weighted by atomic mass is 9.40. The summed E-state index contributed by atoms with van der Waals surface area (Å²) in [4.78, 5) is 0. The third-order valence-electron chi connectivity index (χ3n) is 57.4. The largest absolute Gasteiger partial charge is 0.0654 e. The summed E-state index contributed by atoms with van der Waals surface area (Å²) in [5, 5.41) is 0. The second-order valence-corrected chi connectivity index (χ2v) is 66.7. The summed E-state index contributed by atoms with van der Waals surface area (Å²) >= 11 is 0. The highest BCUT2D eigenvalue weighted by atomic mass is 14.7. The van der Waals surface area contributed by atoms with Crippen LogP contribution < -0.4 is 0 Å². The Morgan fingerprint density at radius 3 is 0.948 bits per heavy atom. The zero-order chi connectivity index (χ0) is 97.4. The molecule has 32 fully saturated rings. The molecule has 14 atom stereocenters. The minimum absolute atomic E-state index is 0.510. The van der Waals surface area contributed by atoms with E-state index in [1.165, 1.54) is 161 Å². The van der Waals surface area contributed by atoms with Gasteiger partial charge in [-0.2, -0.15) is 0 Å². The standard InChI is InChI=1S/2C15H26.C14H24.C13H22.C12H20.3C12H22.C11H20.C10H18.C9H16/c1-14(2,3)15(4)12-6-10-5-11(8-12)9-13(15)7-10;1-3-4-5-15(2)13-7-11-6-12(9-13)10-14(15)8-11;1-9(2)14(3)12-5-10-4-11(7-12)8-13(14)6-10;1-3-13(2)11-5-9-4-10(7-11)8-12(13)6-9;1-12(2)10-4-8-3-9(6-10)7-11(12)5-8;1-10(2)9-6-7-12(5,8-9)11(10,3)4;1-10(2)8-9-6-7-12(10,5)11(9,3)4;1-12(2)8-7-10-5-3-4-6-11(10)9-12;1-8(2)11(3)7-9-4-5-10(11)6-9;1-3-10(2)7-8-4-5-9(10)6-8;1-9(2)6-7-3-4-8(9)5-7/h10-13H,5-9H2,1-4H3;11-14H,3-10H2,1-2H3;9-13H,4-8H2,1-3H3;9-12H,3-8H2,1-2H3;8-11H,3-7H2,1-2H3;2*9H,6-8H2,1-5H3;10-11H,3-9H2,1-2H3;8-10H,4-7H2,1-3H3;8-9H,3-7H2,1-2H3;7-8H,3-6H2,1-2H3. The maximum absolute atomic E-state index is 2.63. The highest BCUT2D eigenvalue weighted by Gasteiger charge is 2.68. The lowest BCUT2D eigenvalue weighted by Gasteiger charge is -2.65. The Balaban J connectivity index is 0.000000103. The van der Waals surface area contributed by atoms with E-state index in [-0.39, 0.29) is 0 Å². The highest BCUT2D eigenvalue weighted by Crippen LogP contribution is 2.76. The van der Waals surface area contributed by atoms with Crippen LogP contribution in [0.15, 0.2) is 0 Å². The van der Waals surface area contributed by atoms with Crippen LogP contribution in [0, 0.1) is 276 Å². The number of fused-ring (bicyclic) bond motifs is 11. The van der Waals surface area contributed by atoms with Gasteiger partial charge in [0.1, 0.15) is 0 Å². The molecule has 0 heterocycles. The van der Waals surface area contributed by atoms with Crippen molar-refractivity contribution < 1.29 is 0 Å². The van der Waals surface area contributed by atoms with Gasteiger partial charge < -0.3 is 0 Å². The fraction of sp³-hybridized carbons (Fsp3) is 1.00. The molecule has 0 saturated heterocycles. The molecule has 778 valence electrons. The molecule has 0 aromatic carbocycles. The molecular weight excluding hydrogens is 1620 g/mol. The third kappa shape index (κ3) is 19.7. The molecule has 32 rings (SSSR count). The van der Waals surface area contributed by atoms with Crippen molar-refractivity contribution in [2.24, 2.45) is 276 Å². The normalized spacial score (nSPS) is 51.2. The van der Waals surface area contributed by atoms with Crippen molar-refractivity contribution in [2.75, 3.05) is 0 Å². The number of hydrogen-bond donors (Lipinski definition) is 0. The van der Waals surface area contributed by atoms with Gasteiger partial charge in [-0.25, -0.2) is 0 Å². The first-order valence-corrected chi connectivity index (χ1v) is 63.0. The van der Waals surface area contributed by atoms with Crippen LogP contribution in [0.5, 0.6) is 0 Å². The molecule has 135 heavy (non-hydrogen) atoms. The van der Waals surface area contributed by atoms with E-state index in [1.807, 2.05) is 0 Å². The summed E-state index contributed by atoms with van der Waals surface area (Å²) in [6.07, 6.45) is 84.5. The second kappa shape index (κ2) is 38.9. The first-order valence-electron chi connectivity index (χ1n) is 63.0. The average molecular weight is 1860 g/mol. The van der Waals surface area contributed by atoms with Crippen LogP contribution >= 0.6 is 0 Å². The van der Waals surface area contributed by atoms with Crippen molar-refractivity contribution in [2.45, 2.75) is 575 Å². The van der Waals surface area contributed by atoms with E-state index in [0.717, 1.165) is 206 Å². The molecule has 0 aliphatic heterocycles. The molecule has 0 heteroatoms. The van der Waals surface area contributed by atoms with Crippen LogP contribution in [0.1, 0.15) is 575 Å². The molecule has 0 radical (unpaired) electrons. The number of rotatable bonds is 7. The van der Waals surface area contributed by atoms with Gasteiger partial charge in [0.25, 0.3) is 0 Å². The van der Waals surface area contributed by atoms with Crippen LogP contribution in [0.2, 0.25) is 0 Å². The van der Waals surface area contributed by atoms with Gasteiger partial charge >= 0.3 is 0 Å². The van der Waals surface area contributed by atoms with Crippen LogP contribution in [0.3, 0.4) is 0 Å². The molecule has 0 amide bonds. The predicted octanol–water partition coefficient (Wildman–Crippen LogP) is 41.8. The SMILES string of the molecule is CC(C)(C)C1(C)C2CC3CC(C2)CC1C3.CC(C)C1(C)C2CC3CC(C2)CC1C3.CC(C)C1(C)CC2CCC1C2.CC1(C)C2CC3CC(C2)CC1C3.CC1(C)CC2CCC1(C)C2(C)C.CC1(C)CC2CCC1C2.CC1(C)CCC2CCCCC2C1.CC12CCC(C1)C(C)(C)C2(C)C.CCC1(C)C2CC3CC(C2)CC1C3.CCC1(C)CC2CCC1C2.CCCCC1(C)C2CC3CC(C2)CC1C3. The zero-order valence-electron chi connectivity index (χ0n) is 97.4. The van der Waals surface area contributed by atoms with E-state index in [4.69, 9.17) is 0 Å². The molecule has 30 bridgehead atoms. The fourth-order valence-electron chi connectivity index (χ4n) is 45.4. The van der Waals surface area contributed by atoms with E-state index >= 15 is 0 Å². The predicted molar refractivity (Wildman–Crippen MR) is 586 cm³/mol. The van der Waals surface area contributed by atoms with E-state index < -0.39 is 0 Å². The van der Waals surface area contributed by atoms with Gasteiger partial charge in [0.05, 0.1) is 0 Å². The smallest absolute Gasteiger partial charge is 0.0220 e. The van der Waals surface area contributed by atoms with Crippen LogP contribution in [0.25, 0.3) is 0 Å². The number of unbranched alkanes of at least 4 members (excludes halogenated alkanes) is 1. The Hall–Kier alpha value is 0. The Morgan fingerprint density at radius 1 is 0.281 bits per heavy atom. The minimum atomic E-state index is 0.510. The van der Waals surface area contributed by atoms with Crippen molar-refractivity contribution in [1.29, 1.82) is 0 Å². The molecule has 0 N–H and O–H groups in total. The number of hydrogen-bond acceptors (Lipinski definition) is 0. The molecule has 0 spiro atoms. The highest BCUT2D eigenvalue weighted by molar-refractivity contribution is 5.17. The van der Waals surface area contributed by atoms with Crippen LogP contribution in [-0.2, 0) is 0 Å². The fourth-order valence-corrected chi connectivity index (χ4v) is 45.4. The Labute approximate surface area is 845 Å². The first kappa shape index (κ1) is 106. The van der Waals surface area contributed by atoms with Crippen LogP contribution in [0.4, 0.5) is 0 Å². The summed E-state index contributed by atoms with van der Waals surface area (Å²) < 4.78 is 0. The monoisotopic (exact) mass is 1860 g/mol. The van der Waals surface area contributed by atoms with Crippen molar-refractivity contribution in [1.82, 2.24) is 0 Å².